The summed E-state index contributed by atoms with van der Waals surface area (Å²) in [6.07, 6.45) is 44.5. The first kappa shape index (κ1) is 54.1. The van der Waals surface area contributed by atoms with E-state index < -0.39 is 0 Å². The molecule has 0 spiro atoms. The van der Waals surface area contributed by atoms with Crippen LogP contribution in [0.4, 0.5) is 0 Å². The highest BCUT2D eigenvalue weighted by atomic mass is 16.5. The molecule has 0 aliphatic heterocycles. The van der Waals surface area contributed by atoms with Gasteiger partial charge in [0.15, 0.2) is 0 Å². The van der Waals surface area contributed by atoms with Crippen molar-refractivity contribution in [3.05, 3.63) is 18.2 Å². The molecule has 0 saturated heterocycles. The van der Waals surface area contributed by atoms with Crippen molar-refractivity contribution in [1.82, 2.24) is 14.5 Å². The summed E-state index contributed by atoms with van der Waals surface area (Å²) in [5.74, 6) is 1.12. The van der Waals surface area contributed by atoms with E-state index in [1.165, 1.54) is 141 Å². The third-order valence-electron chi connectivity index (χ3n) is 12.1. The van der Waals surface area contributed by atoms with E-state index in [0.29, 0.717) is 12.8 Å². The molecular weight excluding hydrogens is 719 g/mol. The second kappa shape index (κ2) is 40.5. The lowest BCUT2D eigenvalue weighted by Crippen LogP contribution is -2.28. The highest BCUT2D eigenvalue weighted by Gasteiger charge is 2.16. The number of nitrogens with zero attached hydrogens (tertiary/aromatic N) is 3. The molecule has 1 aromatic heterocycles. The number of carbonyl (C=O) groups excluding carboxylic acids is 2. The van der Waals surface area contributed by atoms with Crippen LogP contribution < -0.4 is 0 Å². The monoisotopic (exact) mass is 816 g/mol. The number of aromatic nitrogens is 2. The van der Waals surface area contributed by atoms with Crippen LogP contribution in [0.15, 0.2) is 12.4 Å². The molecule has 7 nitrogen and oxygen atoms in total. The van der Waals surface area contributed by atoms with Gasteiger partial charge >= 0.3 is 11.9 Å². The Bertz CT molecular complexity index is 987. The Hall–Kier alpha value is -1.89. The molecule has 340 valence electrons. The van der Waals surface area contributed by atoms with Gasteiger partial charge < -0.3 is 18.9 Å². The van der Waals surface area contributed by atoms with E-state index in [2.05, 4.69) is 55.3 Å². The van der Waals surface area contributed by atoms with Crippen LogP contribution in [0.3, 0.4) is 0 Å². The van der Waals surface area contributed by atoms with Gasteiger partial charge in [0, 0.05) is 31.8 Å². The van der Waals surface area contributed by atoms with Crippen LogP contribution in [0.25, 0.3) is 0 Å². The molecule has 0 aromatic carbocycles. The van der Waals surface area contributed by atoms with Crippen molar-refractivity contribution in [1.29, 1.82) is 0 Å². The van der Waals surface area contributed by atoms with E-state index in [4.69, 9.17) is 9.47 Å². The number of ether oxygens (including phenoxy) is 2. The molecule has 0 amide bonds. The summed E-state index contributed by atoms with van der Waals surface area (Å²) >= 11 is 0. The molecule has 1 heterocycles. The zero-order valence-electron chi connectivity index (χ0n) is 39.4. The minimum Gasteiger partial charge on any atom is -0.462 e. The first-order valence-corrected chi connectivity index (χ1v) is 25.5. The predicted molar refractivity (Wildman–Crippen MR) is 247 cm³/mol. The molecule has 0 fully saturated rings. The summed E-state index contributed by atoms with van der Waals surface area (Å²) in [5.41, 5.74) is 0. The standard InChI is InChI=1S/C51H97N3O4/c1-6-10-14-18-20-28-37-48(35-26-16-12-8-3)57-50(55)39-30-22-24-32-42-53(44-34-45-54-46-41-52-47(54)5)43-33-25-23-31-40-51(56)58-49(36-27-17-13-9-4)38-29-21-19-15-11-7-2/h41,46,48-49H,6-40,42-45H2,1-5H3. The largest absolute Gasteiger partial charge is 0.462 e. The average molecular weight is 816 g/mol. The molecule has 1 aromatic rings. The number of hydrogen-bond acceptors (Lipinski definition) is 6. The molecule has 0 bridgehead atoms. The average Bonchev–Trinajstić information content (AvgIpc) is 3.63. The molecule has 7 heteroatoms. The molecule has 0 saturated carbocycles. The van der Waals surface area contributed by atoms with E-state index >= 15 is 0 Å². The van der Waals surface area contributed by atoms with E-state index in [9.17, 15) is 9.59 Å². The van der Waals surface area contributed by atoms with Crippen LogP contribution in [0.2, 0.25) is 0 Å². The van der Waals surface area contributed by atoms with E-state index in [-0.39, 0.29) is 24.1 Å². The number of esters is 2. The number of imidazole rings is 1. The smallest absolute Gasteiger partial charge is 0.306 e. The summed E-state index contributed by atoms with van der Waals surface area (Å²) in [4.78, 5) is 32.7. The van der Waals surface area contributed by atoms with Gasteiger partial charge in [0.05, 0.1) is 0 Å². The first-order chi connectivity index (χ1) is 28.4. The van der Waals surface area contributed by atoms with Gasteiger partial charge in [0.1, 0.15) is 18.0 Å². The van der Waals surface area contributed by atoms with Crippen LogP contribution in [0.5, 0.6) is 0 Å². The maximum atomic E-state index is 12.8. The fourth-order valence-corrected chi connectivity index (χ4v) is 8.27. The fourth-order valence-electron chi connectivity index (χ4n) is 8.27. The van der Waals surface area contributed by atoms with Crippen molar-refractivity contribution in [3.63, 3.8) is 0 Å². The second-order valence-corrected chi connectivity index (χ2v) is 17.7. The van der Waals surface area contributed by atoms with Gasteiger partial charge in [-0.1, -0.05) is 156 Å². The maximum absolute atomic E-state index is 12.8. The van der Waals surface area contributed by atoms with Gasteiger partial charge in [-0.2, -0.15) is 0 Å². The first-order valence-electron chi connectivity index (χ1n) is 25.5. The van der Waals surface area contributed by atoms with Crippen molar-refractivity contribution in [2.75, 3.05) is 19.6 Å². The van der Waals surface area contributed by atoms with E-state index in [1.54, 1.807) is 0 Å². The molecule has 2 atom stereocenters. The van der Waals surface area contributed by atoms with Gasteiger partial charge in [-0.15, -0.1) is 0 Å². The van der Waals surface area contributed by atoms with E-state index in [0.717, 1.165) is 103 Å². The van der Waals surface area contributed by atoms with Crippen LogP contribution in [0.1, 0.15) is 258 Å². The minimum atomic E-state index is 0.0200. The third-order valence-corrected chi connectivity index (χ3v) is 12.1. The summed E-state index contributed by atoms with van der Waals surface area (Å²) in [7, 11) is 0. The molecular formula is C51H97N3O4. The topological polar surface area (TPSA) is 73.7 Å². The Morgan fingerprint density at radius 2 is 0.845 bits per heavy atom. The Morgan fingerprint density at radius 1 is 0.500 bits per heavy atom. The SMILES string of the molecule is CCCCCCCCC(CCCCCC)OC(=O)CCCCCCN(CCCCCCC(=O)OC(CCCCCC)CCCCCCCC)CCCn1ccnc1C. The highest BCUT2D eigenvalue weighted by molar-refractivity contribution is 5.69. The van der Waals surface area contributed by atoms with Crippen LogP contribution >= 0.6 is 0 Å². The van der Waals surface area contributed by atoms with Gasteiger partial charge in [-0.05, 0) is 110 Å². The van der Waals surface area contributed by atoms with Crippen molar-refractivity contribution < 1.29 is 19.1 Å². The zero-order valence-corrected chi connectivity index (χ0v) is 39.4. The number of hydrogen-bond donors (Lipinski definition) is 0. The lowest BCUT2D eigenvalue weighted by Gasteiger charge is -2.23. The quantitative estimate of drug-likeness (QED) is 0.0482. The van der Waals surface area contributed by atoms with Crippen LogP contribution in [-0.2, 0) is 25.6 Å². The Balaban J connectivity index is 2.42. The Morgan fingerprint density at radius 3 is 1.24 bits per heavy atom. The second-order valence-electron chi connectivity index (χ2n) is 17.7. The summed E-state index contributed by atoms with van der Waals surface area (Å²) in [6.45, 7) is 15.4. The van der Waals surface area contributed by atoms with Crippen LogP contribution in [0, 0.1) is 6.92 Å². The number of unbranched alkanes of at least 4 members (excludes halogenated alkanes) is 22. The highest BCUT2D eigenvalue weighted by Crippen LogP contribution is 2.20. The molecule has 2 unspecified atom stereocenters. The summed E-state index contributed by atoms with van der Waals surface area (Å²) < 4.78 is 14.4. The molecule has 0 N–H and O–H groups in total. The van der Waals surface area contributed by atoms with Gasteiger partial charge in [0.25, 0.3) is 0 Å². The van der Waals surface area contributed by atoms with Crippen molar-refractivity contribution in [2.24, 2.45) is 0 Å². The van der Waals surface area contributed by atoms with Crippen molar-refractivity contribution in [2.45, 2.75) is 278 Å². The molecule has 58 heavy (non-hydrogen) atoms. The third kappa shape index (κ3) is 32.9. The normalized spacial score (nSPS) is 12.7. The number of rotatable bonds is 44. The Kier molecular flexibility index (Phi) is 37.8. The van der Waals surface area contributed by atoms with Crippen molar-refractivity contribution >= 4 is 11.9 Å². The lowest BCUT2D eigenvalue weighted by atomic mass is 10.0. The van der Waals surface area contributed by atoms with Gasteiger partial charge in [-0.3, -0.25) is 9.59 Å². The minimum absolute atomic E-state index is 0.0200. The summed E-state index contributed by atoms with van der Waals surface area (Å²) in [6, 6.07) is 0. The molecule has 1 rings (SSSR count). The van der Waals surface area contributed by atoms with Crippen LogP contribution in [-0.4, -0.2) is 58.2 Å². The molecule has 0 radical (unpaired) electrons. The molecule has 0 aliphatic carbocycles. The zero-order chi connectivity index (χ0) is 42.2. The number of aryl methyl sites for hydroxylation is 2. The molecule has 0 aliphatic rings. The maximum Gasteiger partial charge on any atom is 0.306 e. The van der Waals surface area contributed by atoms with E-state index in [1.807, 2.05) is 6.20 Å². The predicted octanol–water partition coefficient (Wildman–Crippen LogP) is 15.1. The number of carbonyl (C=O) groups is 2. The fraction of sp³-hybridized carbons (Fsp3) is 0.902. The Labute approximate surface area is 360 Å². The van der Waals surface area contributed by atoms with Gasteiger partial charge in [-0.25, -0.2) is 4.98 Å². The van der Waals surface area contributed by atoms with Gasteiger partial charge in [0.2, 0.25) is 0 Å². The summed E-state index contributed by atoms with van der Waals surface area (Å²) in [5, 5.41) is 0. The van der Waals surface area contributed by atoms with Crippen molar-refractivity contribution in [3.8, 4) is 0 Å². The lowest BCUT2D eigenvalue weighted by molar-refractivity contribution is -0.151.